The first-order chi connectivity index (χ1) is 9.93. The Morgan fingerprint density at radius 3 is 2.48 bits per heavy atom. The molecule has 108 valence electrons. The molecule has 2 aromatic carbocycles. The van der Waals surface area contributed by atoms with Gasteiger partial charge < -0.3 is 5.32 Å². The summed E-state index contributed by atoms with van der Waals surface area (Å²) in [5.74, 6) is 0. The van der Waals surface area contributed by atoms with Crippen molar-refractivity contribution in [3.8, 4) is 6.07 Å². The predicted octanol–water partition coefficient (Wildman–Crippen LogP) is 6.45. The fraction of sp³-hybridized carbons (Fsp3) is 0.133. The molecule has 0 saturated heterocycles. The molecule has 0 spiro atoms. The third-order valence-corrected chi connectivity index (χ3v) is 4.97. The average molecular weight is 405 g/mol. The van der Waals surface area contributed by atoms with Crippen LogP contribution in [0.4, 0.5) is 5.69 Å². The first-order valence-electron chi connectivity index (χ1n) is 6.03. The highest BCUT2D eigenvalue weighted by atomic mass is 79.9. The summed E-state index contributed by atoms with van der Waals surface area (Å²) < 4.78 is 0.810. The summed E-state index contributed by atoms with van der Waals surface area (Å²) in [5, 5.41) is 13.4. The fourth-order valence-electron chi connectivity index (χ4n) is 1.89. The molecule has 1 N–H and O–H groups in total. The van der Waals surface area contributed by atoms with Gasteiger partial charge in [-0.15, -0.1) is 0 Å². The number of rotatable bonds is 3. The lowest BCUT2D eigenvalue weighted by atomic mass is 10.1. The number of anilines is 1. The summed E-state index contributed by atoms with van der Waals surface area (Å²) in [6.07, 6.45) is 0. The molecular formula is C15H10BrCl3N2. The van der Waals surface area contributed by atoms with Gasteiger partial charge in [-0.3, -0.25) is 0 Å². The predicted molar refractivity (Wildman–Crippen MR) is 92.4 cm³/mol. The second-order valence-corrected chi connectivity index (χ2v) is 6.45. The van der Waals surface area contributed by atoms with E-state index in [0.29, 0.717) is 20.6 Å². The number of nitrogens with zero attached hydrogens (tertiary/aromatic N) is 1. The van der Waals surface area contributed by atoms with Crippen LogP contribution in [0.3, 0.4) is 0 Å². The molecular weight excluding hydrogens is 394 g/mol. The highest BCUT2D eigenvalue weighted by Gasteiger charge is 2.15. The molecule has 0 aliphatic rings. The molecule has 0 heterocycles. The molecule has 2 aromatic rings. The second kappa shape index (κ2) is 6.89. The van der Waals surface area contributed by atoms with E-state index in [1.165, 1.54) is 0 Å². The van der Waals surface area contributed by atoms with Gasteiger partial charge in [-0.05, 0) is 52.7 Å². The van der Waals surface area contributed by atoms with Crippen molar-refractivity contribution in [1.29, 1.82) is 5.26 Å². The Hall–Kier alpha value is -0.920. The summed E-state index contributed by atoms with van der Waals surface area (Å²) in [4.78, 5) is 0. The van der Waals surface area contributed by atoms with Crippen LogP contribution in [0.1, 0.15) is 24.1 Å². The molecule has 0 fully saturated rings. The standard InChI is InChI=1S/C15H10BrCl3N2/c1-8(10-3-4-12(17)15(19)14(10)18)21-13-5-2-9(7-20)6-11(13)16/h2-6,8,21H,1H3. The number of nitriles is 1. The fourth-order valence-corrected chi connectivity index (χ4v) is 3.09. The van der Waals surface area contributed by atoms with Gasteiger partial charge in [0.05, 0.1) is 32.7 Å². The van der Waals surface area contributed by atoms with Crippen LogP contribution in [0.15, 0.2) is 34.8 Å². The zero-order valence-corrected chi connectivity index (χ0v) is 14.8. The van der Waals surface area contributed by atoms with E-state index in [1.54, 1.807) is 18.2 Å². The van der Waals surface area contributed by atoms with E-state index in [2.05, 4.69) is 27.3 Å². The zero-order valence-electron chi connectivity index (χ0n) is 10.9. The third-order valence-electron chi connectivity index (χ3n) is 3.00. The molecule has 1 atom stereocenters. The maximum atomic E-state index is 8.87. The Kier molecular flexibility index (Phi) is 5.40. The van der Waals surface area contributed by atoms with E-state index in [4.69, 9.17) is 40.1 Å². The Balaban J connectivity index is 2.29. The molecule has 0 bridgehead atoms. The van der Waals surface area contributed by atoms with Crippen molar-refractivity contribution in [2.45, 2.75) is 13.0 Å². The van der Waals surface area contributed by atoms with Crippen LogP contribution < -0.4 is 5.32 Å². The van der Waals surface area contributed by atoms with Gasteiger partial charge in [0.1, 0.15) is 0 Å². The lowest BCUT2D eigenvalue weighted by molar-refractivity contribution is 0.884. The number of hydrogen-bond acceptors (Lipinski definition) is 2. The van der Waals surface area contributed by atoms with Crippen LogP contribution in [0.2, 0.25) is 15.1 Å². The van der Waals surface area contributed by atoms with Crippen molar-refractivity contribution in [2.24, 2.45) is 0 Å². The van der Waals surface area contributed by atoms with E-state index in [1.807, 2.05) is 19.1 Å². The molecule has 21 heavy (non-hydrogen) atoms. The minimum Gasteiger partial charge on any atom is -0.378 e. The smallest absolute Gasteiger partial charge is 0.0992 e. The highest BCUT2D eigenvalue weighted by Crippen LogP contribution is 2.37. The van der Waals surface area contributed by atoms with Gasteiger partial charge in [0.2, 0.25) is 0 Å². The van der Waals surface area contributed by atoms with Gasteiger partial charge >= 0.3 is 0 Å². The van der Waals surface area contributed by atoms with Crippen LogP contribution in [-0.2, 0) is 0 Å². The maximum Gasteiger partial charge on any atom is 0.0992 e. The van der Waals surface area contributed by atoms with Crippen molar-refractivity contribution in [3.05, 3.63) is 61.0 Å². The number of benzene rings is 2. The quantitative estimate of drug-likeness (QED) is 0.596. The first kappa shape index (κ1) is 16.5. The average Bonchev–Trinajstić information content (AvgIpc) is 2.46. The van der Waals surface area contributed by atoms with Crippen LogP contribution in [0.5, 0.6) is 0 Å². The van der Waals surface area contributed by atoms with Crippen molar-refractivity contribution in [1.82, 2.24) is 0 Å². The summed E-state index contributed by atoms with van der Waals surface area (Å²) in [5.41, 5.74) is 2.30. The van der Waals surface area contributed by atoms with Crippen molar-refractivity contribution in [2.75, 3.05) is 5.32 Å². The van der Waals surface area contributed by atoms with Gasteiger partial charge in [0.15, 0.2) is 0 Å². The molecule has 0 aliphatic carbocycles. The summed E-state index contributed by atoms with van der Waals surface area (Å²) in [7, 11) is 0. The van der Waals surface area contributed by atoms with Gasteiger partial charge in [-0.1, -0.05) is 40.9 Å². The third kappa shape index (κ3) is 3.64. The number of hydrogen-bond donors (Lipinski definition) is 1. The zero-order chi connectivity index (χ0) is 15.6. The van der Waals surface area contributed by atoms with Gasteiger partial charge in [0.25, 0.3) is 0 Å². The largest absolute Gasteiger partial charge is 0.378 e. The van der Waals surface area contributed by atoms with Crippen molar-refractivity contribution in [3.63, 3.8) is 0 Å². The topological polar surface area (TPSA) is 35.8 Å². The van der Waals surface area contributed by atoms with Crippen molar-refractivity contribution < 1.29 is 0 Å². The lowest BCUT2D eigenvalue weighted by Gasteiger charge is -2.19. The van der Waals surface area contributed by atoms with Gasteiger partial charge in [-0.25, -0.2) is 0 Å². The number of halogens is 4. The van der Waals surface area contributed by atoms with Crippen LogP contribution in [0, 0.1) is 11.3 Å². The Bertz CT molecular complexity index is 726. The van der Waals surface area contributed by atoms with Crippen LogP contribution >= 0.6 is 50.7 Å². The summed E-state index contributed by atoms with van der Waals surface area (Å²) in [6, 6.07) is 10.9. The van der Waals surface area contributed by atoms with E-state index >= 15 is 0 Å². The van der Waals surface area contributed by atoms with Crippen molar-refractivity contribution >= 4 is 56.4 Å². The molecule has 0 aliphatic heterocycles. The normalized spacial score (nSPS) is 11.8. The monoisotopic (exact) mass is 402 g/mol. The van der Waals surface area contributed by atoms with Gasteiger partial charge in [0, 0.05) is 10.2 Å². The Morgan fingerprint density at radius 1 is 1.14 bits per heavy atom. The molecule has 6 heteroatoms. The van der Waals surface area contributed by atoms with E-state index in [9.17, 15) is 0 Å². The van der Waals surface area contributed by atoms with Crippen LogP contribution in [0.25, 0.3) is 0 Å². The second-order valence-electron chi connectivity index (χ2n) is 4.44. The van der Waals surface area contributed by atoms with E-state index < -0.39 is 0 Å². The summed E-state index contributed by atoms with van der Waals surface area (Å²) in [6.45, 7) is 1.97. The molecule has 0 saturated carbocycles. The summed E-state index contributed by atoms with van der Waals surface area (Å²) >= 11 is 21.7. The Morgan fingerprint density at radius 2 is 1.86 bits per heavy atom. The molecule has 0 radical (unpaired) electrons. The Labute approximate surface area is 146 Å². The lowest BCUT2D eigenvalue weighted by Crippen LogP contribution is -2.08. The molecule has 0 aromatic heterocycles. The molecule has 2 nitrogen and oxygen atoms in total. The maximum absolute atomic E-state index is 8.87. The highest BCUT2D eigenvalue weighted by molar-refractivity contribution is 9.10. The number of nitrogens with one attached hydrogen (secondary N) is 1. The molecule has 1 unspecified atom stereocenters. The molecule has 2 rings (SSSR count). The van der Waals surface area contributed by atoms with E-state index in [-0.39, 0.29) is 6.04 Å². The van der Waals surface area contributed by atoms with Gasteiger partial charge in [-0.2, -0.15) is 5.26 Å². The first-order valence-corrected chi connectivity index (χ1v) is 7.96. The minimum absolute atomic E-state index is 0.0727. The van der Waals surface area contributed by atoms with E-state index in [0.717, 1.165) is 15.7 Å². The van der Waals surface area contributed by atoms with Crippen LogP contribution in [-0.4, -0.2) is 0 Å². The minimum atomic E-state index is -0.0727. The molecule has 0 amide bonds. The SMILES string of the molecule is CC(Nc1ccc(C#N)cc1Br)c1ccc(Cl)c(Cl)c1Cl.